The molecule has 9 heteroatoms. The Morgan fingerprint density at radius 3 is 2.23 bits per heavy atom. The maximum Gasteiger partial charge on any atom is 0.329 e. The standard InChI is InChI=1S/C26H25ClN4O4/c1-3-18-6-11-20(12-7-18)29-24(32)16-35-23-13-8-19(14-22(23)27)15-28-31-26(34)25(33)30-21-9-4-17(2)5-10-21/h4-15H,3,16H2,1-2H3,(H,29,32)(H,30,33)(H,31,34)/b28-15-. The van der Waals surface area contributed by atoms with Crippen molar-refractivity contribution >= 4 is 46.9 Å². The van der Waals surface area contributed by atoms with E-state index in [1.54, 1.807) is 30.3 Å². The molecule has 3 aromatic rings. The summed E-state index contributed by atoms with van der Waals surface area (Å²) < 4.78 is 5.50. The summed E-state index contributed by atoms with van der Waals surface area (Å²) >= 11 is 6.23. The highest BCUT2D eigenvalue weighted by Gasteiger charge is 2.13. The Kier molecular flexibility index (Phi) is 8.97. The monoisotopic (exact) mass is 492 g/mol. The summed E-state index contributed by atoms with van der Waals surface area (Å²) in [6, 6.07) is 19.4. The fraction of sp³-hybridized carbons (Fsp3) is 0.154. The molecule has 0 aliphatic heterocycles. The Hall–Kier alpha value is -4.17. The number of nitrogens with one attached hydrogen (secondary N) is 3. The smallest absolute Gasteiger partial charge is 0.329 e. The molecule has 0 saturated carbocycles. The fourth-order valence-electron chi connectivity index (χ4n) is 2.92. The van der Waals surface area contributed by atoms with Crippen LogP contribution < -0.4 is 20.8 Å². The molecule has 0 aromatic heterocycles. The minimum absolute atomic E-state index is 0.213. The van der Waals surface area contributed by atoms with Crippen molar-refractivity contribution in [2.45, 2.75) is 20.3 Å². The van der Waals surface area contributed by atoms with Gasteiger partial charge in [0, 0.05) is 11.4 Å². The maximum absolute atomic E-state index is 12.1. The summed E-state index contributed by atoms with van der Waals surface area (Å²) in [5, 5.41) is 9.28. The predicted octanol–water partition coefficient (Wildman–Crippen LogP) is 4.32. The average molecular weight is 493 g/mol. The lowest BCUT2D eigenvalue weighted by Gasteiger charge is -2.09. The molecular formula is C26H25ClN4O4. The number of halogens is 1. The minimum atomic E-state index is -0.914. The van der Waals surface area contributed by atoms with Gasteiger partial charge in [-0.3, -0.25) is 14.4 Å². The Balaban J connectivity index is 1.47. The summed E-state index contributed by atoms with van der Waals surface area (Å²) in [5.41, 5.74) is 6.12. The molecule has 0 atom stereocenters. The number of benzene rings is 3. The number of hydrogen-bond donors (Lipinski definition) is 3. The van der Waals surface area contributed by atoms with E-state index in [0.29, 0.717) is 22.7 Å². The second-order valence-corrected chi connectivity index (χ2v) is 8.00. The lowest BCUT2D eigenvalue weighted by Crippen LogP contribution is -2.32. The van der Waals surface area contributed by atoms with Gasteiger partial charge in [-0.2, -0.15) is 5.10 Å². The number of ether oxygens (including phenoxy) is 1. The molecule has 0 unspecified atom stereocenters. The molecule has 3 amide bonds. The highest BCUT2D eigenvalue weighted by molar-refractivity contribution is 6.39. The topological polar surface area (TPSA) is 109 Å². The number of anilines is 2. The predicted molar refractivity (Wildman–Crippen MR) is 137 cm³/mol. The van der Waals surface area contributed by atoms with E-state index in [-0.39, 0.29) is 17.5 Å². The Morgan fingerprint density at radius 1 is 0.914 bits per heavy atom. The summed E-state index contributed by atoms with van der Waals surface area (Å²) in [5.74, 6) is -1.75. The highest BCUT2D eigenvalue weighted by atomic mass is 35.5. The second kappa shape index (κ2) is 12.3. The molecule has 0 spiro atoms. The molecule has 0 bridgehead atoms. The van der Waals surface area contributed by atoms with Crippen LogP contribution >= 0.6 is 11.6 Å². The quantitative estimate of drug-likeness (QED) is 0.247. The van der Waals surface area contributed by atoms with Crippen molar-refractivity contribution < 1.29 is 19.1 Å². The van der Waals surface area contributed by atoms with Crippen molar-refractivity contribution in [1.82, 2.24) is 5.43 Å². The Morgan fingerprint density at radius 2 is 1.57 bits per heavy atom. The van der Waals surface area contributed by atoms with Crippen molar-refractivity contribution in [1.29, 1.82) is 0 Å². The molecule has 0 aliphatic rings. The number of carbonyl (C=O) groups is 3. The Labute approximate surface area is 208 Å². The van der Waals surface area contributed by atoms with E-state index >= 15 is 0 Å². The van der Waals surface area contributed by atoms with Gasteiger partial charge in [-0.1, -0.05) is 48.4 Å². The van der Waals surface area contributed by atoms with Crippen molar-refractivity contribution in [3.63, 3.8) is 0 Å². The maximum atomic E-state index is 12.1. The first-order chi connectivity index (χ1) is 16.8. The van der Waals surface area contributed by atoms with Gasteiger partial charge < -0.3 is 15.4 Å². The van der Waals surface area contributed by atoms with Crippen LogP contribution in [-0.4, -0.2) is 30.5 Å². The molecule has 3 aromatic carbocycles. The molecule has 35 heavy (non-hydrogen) atoms. The molecule has 0 aliphatic carbocycles. The highest BCUT2D eigenvalue weighted by Crippen LogP contribution is 2.25. The van der Waals surface area contributed by atoms with E-state index in [9.17, 15) is 14.4 Å². The number of hydrogen-bond acceptors (Lipinski definition) is 5. The number of nitrogens with zero attached hydrogens (tertiary/aromatic N) is 1. The molecule has 0 radical (unpaired) electrons. The van der Waals surface area contributed by atoms with Gasteiger partial charge in [-0.05, 0) is 66.9 Å². The summed E-state index contributed by atoms with van der Waals surface area (Å²) in [6.07, 6.45) is 2.26. The zero-order valence-corrected chi connectivity index (χ0v) is 20.1. The van der Waals surface area contributed by atoms with Gasteiger partial charge in [-0.25, -0.2) is 5.43 Å². The van der Waals surface area contributed by atoms with E-state index in [2.05, 4.69) is 28.1 Å². The van der Waals surface area contributed by atoms with Crippen molar-refractivity contribution in [2.24, 2.45) is 5.10 Å². The van der Waals surface area contributed by atoms with Gasteiger partial charge in [0.1, 0.15) is 5.75 Å². The van der Waals surface area contributed by atoms with E-state index in [0.717, 1.165) is 12.0 Å². The van der Waals surface area contributed by atoms with Crippen LogP contribution in [0.2, 0.25) is 5.02 Å². The van der Waals surface area contributed by atoms with Gasteiger partial charge in [-0.15, -0.1) is 0 Å². The van der Waals surface area contributed by atoms with Crippen LogP contribution in [0.1, 0.15) is 23.6 Å². The van der Waals surface area contributed by atoms with Crippen molar-refractivity contribution in [3.8, 4) is 5.75 Å². The van der Waals surface area contributed by atoms with Gasteiger partial charge in [0.05, 0.1) is 11.2 Å². The summed E-state index contributed by atoms with van der Waals surface area (Å²) in [6.45, 7) is 3.77. The average Bonchev–Trinajstić information content (AvgIpc) is 2.85. The lowest BCUT2D eigenvalue weighted by molar-refractivity contribution is -0.136. The number of amides is 3. The van der Waals surface area contributed by atoms with E-state index in [1.807, 2.05) is 43.3 Å². The van der Waals surface area contributed by atoms with Crippen LogP contribution in [0.3, 0.4) is 0 Å². The lowest BCUT2D eigenvalue weighted by atomic mass is 10.1. The van der Waals surface area contributed by atoms with Crippen molar-refractivity contribution in [2.75, 3.05) is 17.2 Å². The summed E-state index contributed by atoms with van der Waals surface area (Å²) in [7, 11) is 0. The second-order valence-electron chi connectivity index (χ2n) is 7.60. The zero-order chi connectivity index (χ0) is 25.2. The van der Waals surface area contributed by atoms with E-state index in [4.69, 9.17) is 16.3 Å². The number of rotatable bonds is 8. The zero-order valence-electron chi connectivity index (χ0n) is 19.3. The van der Waals surface area contributed by atoms with Crippen LogP contribution in [0.15, 0.2) is 71.8 Å². The van der Waals surface area contributed by atoms with Crippen LogP contribution in [0.25, 0.3) is 0 Å². The SMILES string of the molecule is CCc1ccc(NC(=O)COc2ccc(/C=N\NC(=O)C(=O)Nc3ccc(C)cc3)cc2Cl)cc1. The van der Waals surface area contributed by atoms with Gasteiger partial charge >= 0.3 is 11.8 Å². The van der Waals surface area contributed by atoms with Crippen LogP contribution in [-0.2, 0) is 20.8 Å². The Bertz CT molecular complexity index is 1230. The largest absolute Gasteiger partial charge is 0.482 e. The fourth-order valence-corrected chi connectivity index (χ4v) is 3.16. The number of aryl methyl sites for hydroxylation is 2. The molecule has 0 saturated heterocycles. The molecule has 8 nitrogen and oxygen atoms in total. The van der Waals surface area contributed by atoms with Crippen molar-refractivity contribution in [3.05, 3.63) is 88.4 Å². The van der Waals surface area contributed by atoms with E-state index in [1.165, 1.54) is 11.8 Å². The van der Waals surface area contributed by atoms with Gasteiger partial charge in [0.25, 0.3) is 5.91 Å². The molecule has 3 N–H and O–H groups in total. The third-order valence-corrected chi connectivity index (χ3v) is 5.15. The molecule has 180 valence electrons. The first-order valence-electron chi connectivity index (χ1n) is 10.9. The van der Waals surface area contributed by atoms with E-state index < -0.39 is 11.8 Å². The van der Waals surface area contributed by atoms with Crippen LogP contribution in [0.5, 0.6) is 5.75 Å². The van der Waals surface area contributed by atoms with Gasteiger partial charge in [0.2, 0.25) is 0 Å². The normalized spacial score (nSPS) is 10.6. The minimum Gasteiger partial charge on any atom is -0.482 e. The molecule has 0 heterocycles. The first-order valence-corrected chi connectivity index (χ1v) is 11.2. The van der Waals surface area contributed by atoms with Gasteiger partial charge in [0.15, 0.2) is 6.61 Å². The van der Waals surface area contributed by atoms with Crippen LogP contribution in [0.4, 0.5) is 11.4 Å². The molecule has 3 rings (SSSR count). The van der Waals surface area contributed by atoms with Crippen LogP contribution in [0, 0.1) is 6.92 Å². The molecule has 0 fully saturated rings. The number of hydrazone groups is 1. The third-order valence-electron chi connectivity index (χ3n) is 4.86. The summed E-state index contributed by atoms with van der Waals surface area (Å²) in [4.78, 5) is 36.0. The third kappa shape index (κ3) is 7.97. The first kappa shape index (κ1) is 25.5. The number of carbonyl (C=O) groups excluding carboxylic acids is 3. The molecular weight excluding hydrogens is 468 g/mol.